The van der Waals surface area contributed by atoms with Crippen LogP contribution in [0.25, 0.3) is 0 Å². The van der Waals surface area contributed by atoms with Crippen LogP contribution in [-0.2, 0) is 15.9 Å². The molecule has 17 heavy (non-hydrogen) atoms. The molecule has 0 radical (unpaired) electrons. The van der Waals surface area contributed by atoms with E-state index in [-0.39, 0.29) is 12.2 Å². The minimum atomic E-state index is 0.181. The van der Waals surface area contributed by atoms with Gasteiger partial charge in [0.25, 0.3) is 0 Å². The molecule has 1 fully saturated rings. The maximum atomic E-state index is 5.60. The van der Waals surface area contributed by atoms with Crippen LogP contribution in [-0.4, -0.2) is 55.9 Å². The summed E-state index contributed by atoms with van der Waals surface area (Å²) in [5, 5.41) is 2.67. The molecule has 2 atom stereocenters. The highest BCUT2D eigenvalue weighted by Crippen LogP contribution is 2.17. The molecule has 2 N–H and O–H groups in total. The summed E-state index contributed by atoms with van der Waals surface area (Å²) >= 11 is 1.50. The number of nitrogens with two attached hydrogens (primary N) is 1. The third kappa shape index (κ3) is 3.16. The van der Waals surface area contributed by atoms with E-state index in [1.54, 1.807) is 14.2 Å². The van der Waals surface area contributed by atoms with E-state index in [0.717, 1.165) is 31.7 Å². The Morgan fingerprint density at radius 1 is 1.41 bits per heavy atom. The minimum Gasteiger partial charge on any atom is -0.377 e. The van der Waals surface area contributed by atoms with Crippen LogP contribution in [0.3, 0.4) is 0 Å². The topological polar surface area (TPSA) is 60.6 Å². The van der Waals surface area contributed by atoms with E-state index in [1.807, 2.05) is 5.38 Å². The molecule has 2 heterocycles. The summed E-state index contributed by atoms with van der Waals surface area (Å²) < 4.78 is 10.8. The molecule has 2 rings (SSSR count). The Balaban J connectivity index is 1.81. The number of hydrogen-bond acceptors (Lipinski definition) is 6. The molecule has 0 aliphatic carbocycles. The van der Waals surface area contributed by atoms with E-state index in [0.29, 0.717) is 5.13 Å². The summed E-state index contributed by atoms with van der Waals surface area (Å²) in [5.41, 5.74) is 6.67. The molecular weight excluding hydrogens is 238 g/mol. The lowest BCUT2D eigenvalue weighted by molar-refractivity contribution is -0.00461. The Morgan fingerprint density at radius 3 is 2.53 bits per heavy atom. The number of methoxy groups -OCH3 is 2. The zero-order chi connectivity index (χ0) is 12.3. The van der Waals surface area contributed by atoms with Gasteiger partial charge in [-0.1, -0.05) is 0 Å². The molecule has 1 aromatic rings. The second-order valence-corrected chi connectivity index (χ2v) is 5.12. The Hall–Kier alpha value is -0.690. The third-order valence-corrected chi connectivity index (χ3v) is 3.87. The molecule has 1 aliphatic rings. The molecule has 1 aromatic heterocycles. The second kappa shape index (κ2) is 5.77. The van der Waals surface area contributed by atoms with Crippen LogP contribution in [0, 0.1) is 0 Å². The van der Waals surface area contributed by atoms with Gasteiger partial charge in [-0.05, 0) is 0 Å². The van der Waals surface area contributed by atoms with Crippen molar-refractivity contribution in [2.24, 2.45) is 0 Å². The first-order chi connectivity index (χ1) is 8.22. The maximum absolute atomic E-state index is 5.60. The molecule has 6 heteroatoms. The Labute approximate surface area is 106 Å². The summed E-state index contributed by atoms with van der Waals surface area (Å²) in [6, 6.07) is 0. The van der Waals surface area contributed by atoms with Crippen molar-refractivity contribution in [1.82, 2.24) is 9.88 Å². The van der Waals surface area contributed by atoms with Crippen LogP contribution in [0.4, 0.5) is 5.13 Å². The number of hydrogen-bond donors (Lipinski definition) is 1. The van der Waals surface area contributed by atoms with Crippen LogP contribution >= 0.6 is 11.3 Å². The maximum Gasteiger partial charge on any atom is 0.180 e. The van der Waals surface area contributed by atoms with Crippen molar-refractivity contribution in [3.63, 3.8) is 0 Å². The smallest absolute Gasteiger partial charge is 0.180 e. The van der Waals surface area contributed by atoms with E-state index < -0.39 is 0 Å². The lowest BCUT2D eigenvalue weighted by atomic mass is 10.3. The van der Waals surface area contributed by atoms with Crippen LogP contribution in [0.2, 0.25) is 0 Å². The van der Waals surface area contributed by atoms with Crippen molar-refractivity contribution in [3.8, 4) is 0 Å². The minimum absolute atomic E-state index is 0.181. The van der Waals surface area contributed by atoms with Gasteiger partial charge in [-0.3, -0.25) is 4.90 Å². The summed E-state index contributed by atoms with van der Waals surface area (Å²) in [6.07, 6.45) is 1.29. The van der Waals surface area contributed by atoms with Crippen LogP contribution < -0.4 is 5.73 Å². The average molecular weight is 257 g/mol. The molecule has 0 amide bonds. The normalized spacial score (nSPS) is 25.5. The van der Waals surface area contributed by atoms with Gasteiger partial charge in [0.15, 0.2) is 5.13 Å². The van der Waals surface area contributed by atoms with E-state index >= 15 is 0 Å². The fourth-order valence-corrected chi connectivity index (χ4v) is 2.76. The highest BCUT2D eigenvalue weighted by atomic mass is 32.1. The summed E-state index contributed by atoms with van der Waals surface area (Å²) in [6.45, 7) is 2.83. The molecule has 2 unspecified atom stereocenters. The summed E-state index contributed by atoms with van der Waals surface area (Å²) in [7, 11) is 3.47. The average Bonchev–Trinajstić information content (AvgIpc) is 2.92. The molecule has 0 saturated carbocycles. The van der Waals surface area contributed by atoms with Crippen molar-refractivity contribution in [1.29, 1.82) is 0 Å². The first-order valence-electron chi connectivity index (χ1n) is 5.70. The largest absolute Gasteiger partial charge is 0.377 e. The van der Waals surface area contributed by atoms with Gasteiger partial charge in [0, 0.05) is 45.7 Å². The first kappa shape index (κ1) is 12.8. The molecule has 96 valence electrons. The van der Waals surface area contributed by atoms with Gasteiger partial charge >= 0.3 is 0 Å². The van der Waals surface area contributed by atoms with Crippen molar-refractivity contribution < 1.29 is 9.47 Å². The number of rotatable bonds is 5. The fraction of sp³-hybridized carbons (Fsp3) is 0.727. The molecular formula is C11H19N3O2S. The SMILES string of the molecule is COC1CN(CCc2csc(N)n2)CC1OC. The van der Waals surface area contributed by atoms with Crippen LogP contribution in [0.5, 0.6) is 0 Å². The summed E-state index contributed by atoms with van der Waals surface area (Å²) in [5.74, 6) is 0. The predicted molar refractivity (Wildman–Crippen MR) is 68.3 cm³/mol. The standard InChI is InChI=1S/C11H19N3O2S/c1-15-9-5-14(6-10(9)16-2)4-3-8-7-17-11(12)13-8/h7,9-10H,3-6H2,1-2H3,(H2,12,13). The van der Waals surface area contributed by atoms with Crippen molar-refractivity contribution >= 4 is 16.5 Å². The molecule has 0 bridgehead atoms. The van der Waals surface area contributed by atoms with Gasteiger partial charge in [-0.15, -0.1) is 11.3 Å². The van der Waals surface area contributed by atoms with Gasteiger partial charge < -0.3 is 15.2 Å². The highest BCUT2D eigenvalue weighted by Gasteiger charge is 2.32. The Bertz CT molecular complexity index is 346. The number of nitrogens with zero attached hydrogens (tertiary/aromatic N) is 2. The fourth-order valence-electron chi connectivity index (χ4n) is 2.16. The van der Waals surface area contributed by atoms with Crippen molar-refractivity contribution in [2.75, 3.05) is 39.6 Å². The number of nitrogen functional groups attached to an aromatic ring is 1. The Kier molecular flexibility index (Phi) is 4.33. The van der Waals surface area contributed by atoms with Crippen LogP contribution in [0.1, 0.15) is 5.69 Å². The highest BCUT2D eigenvalue weighted by molar-refractivity contribution is 7.13. The molecule has 1 aliphatic heterocycles. The van der Waals surface area contributed by atoms with Gasteiger partial charge in [0.05, 0.1) is 17.9 Å². The molecule has 1 saturated heterocycles. The quantitative estimate of drug-likeness (QED) is 0.837. The van der Waals surface area contributed by atoms with E-state index in [4.69, 9.17) is 15.2 Å². The van der Waals surface area contributed by atoms with Gasteiger partial charge in [0.1, 0.15) is 0 Å². The van der Waals surface area contributed by atoms with Crippen molar-refractivity contribution in [3.05, 3.63) is 11.1 Å². The predicted octanol–water partition coefficient (Wildman–Crippen LogP) is 0.613. The third-order valence-electron chi connectivity index (χ3n) is 3.15. The number of anilines is 1. The van der Waals surface area contributed by atoms with Crippen molar-refractivity contribution in [2.45, 2.75) is 18.6 Å². The molecule has 0 spiro atoms. The lowest BCUT2D eigenvalue weighted by Crippen LogP contribution is -2.27. The monoisotopic (exact) mass is 257 g/mol. The first-order valence-corrected chi connectivity index (χ1v) is 6.58. The van der Waals surface area contributed by atoms with E-state index in [2.05, 4.69) is 9.88 Å². The number of ether oxygens (including phenoxy) is 2. The van der Waals surface area contributed by atoms with Crippen LogP contribution in [0.15, 0.2) is 5.38 Å². The number of aromatic nitrogens is 1. The van der Waals surface area contributed by atoms with E-state index in [1.165, 1.54) is 11.3 Å². The zero-order valence-corrected chi connectivity index (χ0v) is 11.1. The number of thiazole rings is 1. The zero-order valence-electron chi connectivity index (χ0n) is 10.3. The second-order valence-electron chi connectivity index (χ2n) is 4.23. The summed E-state index contributed by atoms with van der Waals surface area (Å²) in [4.78, 5) is 6.60. The van der Waals surface area contributed by atoms with Gasteiger partial charge in [-0.2, -0.15) is 0 Å². The number of likely N-dealkylation sites (tertiary alicyclic amines) is 1. The lowest BCUT2D eigenvalue weighted by Gasteiger charge is -2.13. The molecule has 0 aromatic carbocycles. The van der Waals surface area contributed by atoms with Gasteiger partial charge in [-0.25, -0.2) is 4.98 Å². The van der Waals surface area contributed by atoms with Gasteiger partial charge in [0.2, 0.25) is 0 Å². The van der Waals surface area contributed by atoms with E-state index in [9.17, 15) is 0 Å². The molecule has 5 nitrogen and oxygen atoms in total. The Morgan fingerprint density at radius 2 is 2.06 bits per heavy atom.